The van der Waals surface area contributed by atoms with Crippen molar-refractivity contribution >= 4 is 50.2 Å². The van der Waals surface area contributed by atoms with Crippen molar-refractivity contribution in [3.63, 3.8) is 0 Å². The van der Waals surface area contributed by atoms with Crippen LogP contribution in [0.1, 0.15) is 18.5 Å². The number of carbonyl (C=O) groups is 2. The van der Waals surface area contributed by atoms with Gasteiger partial charge < -0.3 is 9.84 Å². The van der Waals surface area contributed by atoms with Gasteiger partial charge in [-0.25, -0.2) is 14.2 Å². The number of nitrogens with zero attached hydrogens (tertiary/aromatic N) is 2. The molecular weight excluding hydrogens is 419 g/mol. The zero-order chi connectivity index (χ0) is 20.7. The molecule has 148 valence electrons. The number of thiazole rings is 1. The van der Waals surface area contributed by atoms with Crippen molar-refractivity contribution < 1.29 is 23.8 Å². The third-order valence-corrected chi connectivity index (χ3v) is 5.69. The second-order valence-electron chi connectivity index (χ2n) is 6.22. The molecule has 1 aliphatic rings. The van der Waals surface area contributed by atoms with Crippen LogP contribution in [0.5, 0.6) is 0 Å². The number of hydrogen-bond acceptors (Lipinski definition) is 6. The average Bonchev–Trinajstić information content (AvgIpc) is 3.21. The number of fused-ring (bicyclic) bond motifs is 1. The van der Waals surface area contributed by atoms with Crippen molar-refractivity contribution in [2.24, 2.45) is 0 Å². The molecule has 0 saturated carbocycles. The number of hydrogen-bond donors (Lipinski definition) is 1. The molecule has 6 nitrogen and oxygen atoms in total. The Morgan fingerprint density at radius 3 is 2.72 bits per heavy atom. The minimum atomic E-state index is -1.00. The number of amides is 1. The lowest BCUT2D eigenvalue weighted by Gasteiger charge is -2.24. The number of rotatable bonds is 4. The maximum Gasteiger partial charge on any atom is 0.340 e. The molecule has 2 heterocycles. The Balaban J connectivity index is 1.87. The van der Waals surface area contributed by atoms with E-state index in [1.54, 1.807) is 25.1 Å². The highest BCUT2D eigenvalue weighted by atomic mass is 35.5. The molecule has 0 saturated heterocycles. The number of benzene rings is 2. The highest BCUT2D eigenvalue weighted by molar-refractivity contribution is 7.22. The molecule has 4 rings (SSSR count). The monoisotopic (exact) mass is 432 g/mol. The molecule has 1 amide bonds. The van der Waals surface area contributed by atoms with Gasteiger partial charge in [0.25, 0.3) is 5.91 Å². The van der Waals surface area contributed by atoms with Crippen LogP contribution in [0.25, 0.3) is 10.2 Å². The van der Waals surface area contributed by atoms with Crippen LogP contribution in [-0.2, 0) is 14.3 Å². The van der Waals surface area contributed by atoms with Crippen LogP contribution in [0.3, 0.4) is 0 Å². The second-order valence-corrected chi connectivity index (χ2v) is 7.67. The molecule has 0 aliphatic carbocycles. The number of aromatic nitrogens is 1. The maximum atomic E-state index is 13.4. The molecule has 1 aromatic heterocycles. The summed E-state index contributed by atoms with van der Waals surface area (Å²) < 4.78 is 19.2. The number of halogens is 2. The van der Waals surface area contributed by atoms with E-state index >= 15 is 0 Å². The SMILES string of the molecule is CCOC(=O)C1=C(O)C(=O)N(c2nc3ccc(Cl)cc3s2)C1c1ccc(F)cc1. The molecule has 0 fully saturated rings. The van der Waals surface area contributed by atoms with Crippen molar-refractivity contribution in [3.05, 3.63) is 70.2 Å². The van der Waals surface area contributed by atoms with Crippen molar-refractivity contribution in [3.8, 4) is 0 Å². The Morgan fingerprint density at radius 1 is 1.31 bits per heavy atom. The van der Waals surface area contributed by atoms with Crippen molar-refractivity contribution in [1.29, 1.82) is 0 Å². The third kappa shape index (κ3) is 3.34. The van der Waals surface area contributed by atoms with Crippen LogP contribution in [0.2, 0.25) is 5.02 Å². The van der Waals surface area contributed by atoms with Crippen LogP contribution >= 0.6 is 22.9 Å². The predicted molar refractivity (Wildman–Crippen MR) is 108 cm³/mol. The summed E-state index contributed by atoms with van der Waals surface area (Å²) in [6.07, 6.45) is 0. The molecule has 0 radical (unpaired) electrons. The molecule has 1 aliphatic heterocycles. The summed E-state index contributed by atoms with van der Waals surface area (Å²) in [5, 5.41) is 11.2. The second kappa shape index (κ2) is 7.46. The van der Waals surface area contributed by atoms with Crippen molar-refractivity contribution in [2.45, 2.75) is 13.0 Å². The van der Waals surface area contributed by atoms with Gasteiger partial charge >= 0.3 is 5.97 Å². The first-order chi connectivity index (χ1) is 13.9. The Bertz CT molecular complexity index is 1160. The fourth-order valence-electron chi connectivity index (χ4n) is 3.17. The van der Waals surface area contributed by atoms with Crippen molar-refractivity contribution in [1.82, 2.24) is 4.98 Å². The summed E-state index contributed by atoms with van der Waals surface area (Å²) in [7, 11) is 0. The fourth-order valence-corrected chi connectivity index (χ4v) is 4.44. The van der Waals surface area contributed by atoms with E-state index in [4.69, 9.17) is 16.3 Å². The van der Waals surface area contributed by atoms with E-state index in [9.17, 15) is 19.1 Å². The van der Waals surface area contributed by atoms with E-state index in [1.807, 2.05) is 0 Å². The summed E-state index contributed by atoms with van der Waals surface area (Å²) in [6.45, 7) is 1.69. The summed E-state index contributed by atoms with van der Waals surface area (Å²) in [6, 6.07) is 9.43. The fraction of sp³-hybridized carbons (Fsp3) is 0.150. The number of aliphatic hydroxyl groups is 1. The Hall–Kier alpha value is -2.97. The Labute approximate surface area is 173 Å². The van der Waals surface area contributed by atoms with Gasteiger partial charge in [-0.15, -0.1) is 0 Å². The van der Waals surface area contributed by atoms with Crippen LogP contribution < -0.4 is 4.90 Å². The van der Waals surface area contributed by atoms with Gasteiger partial charge in [0.05, 0.1) is 16.8 Å². The van der Waals surface area contributed by atoms with E-state index in [-0.39, 0.29) is 17.3 Å². The molecule has 29 heavy (non-hydrogen) atoms. The first-order valence-electron chi connectivity index (χ1n) is 8.66. The molecule has 2 aromatic carbocycles. The van der Waals surface area contributed by atoms with Crippen molar-refractivity contribution in [2.75, 3.05) is 11.5 Å². The third-order valence-electron chi connectivity index (χ3n) is 4.43. The highest BCUT2D eigenvalue weighted by Crippen LogP contribution is 2.43. The van der Waals surface area contributed by atoms with E-state index in [0.29, 0.717) is 16.1 Å². The molecular formula is C20H14ClFN2O4S. The van der Waals surface area contributed by atoms with Gasteiger partial charge in [-0.1, -0.05) is 35.1 Å². The normalized spacial score (nSPS) is 16.7. The lowest BCUT2D eigenvalue weighted by molar-refractivity contribution is -0.139. The Kier molecular flexibility index (Phi) is 4.97. The summed E-state index contributed by atoms with van der Waals surface area (Å²) in [4.78, 5) is 31.1. The number of aliphatic hydroxyl groups excluding tert-OH is 1. The average molecular weight is 433 g/mol. The van der Waals surface area contributed by atoms with E-state index in [0.717, 1.165) is 4.70 Å². The molecule has 1 unspecified atom stereocenters. The summed E-state index contributed by atoms with van der Waals surface area (Å²) >= 11 is 7.22. The minimum absolute atomic E-state index is 0.0690. The number of esters is 1. The smallest absolute Gasteiger partial charge is 0.340 e. The van der Waals surface area contributed by atoms with Gasteiger partial charge in [0.15, 0.2) is 10.9 Å². The van der Waals surface area contributed by atoms with E-state index in [1.165, 1.54) is 40.5 Å². The zero-order valence-electron chi connectivity index (χ0n) is 15.1. The van der Waals surface area contributed by atoms with Gasteiger partial charge in [0.2, 0.25) is 0 Å². The molecule has 3 aromatic rings. The molecule has 9 heteroatoms. The van der Waals surface area contributed by atoms with Crippen LogP contribution in [-0.4, -0.2) is 28.6 Å². The lowest BCUT2D eigenvalue weighted by atomic mass is 9.99. The zero-order valence-corrected chi connectivity index (χ0v) is 16.6. The standard InChI is InChI=1S/C20H14ClFN2O4S/c1-2-28-19(27)15-16(10-3-6-12(22)7-4-10)24(18(26)17(15)25)20-23-13-8-5-11(21)9-14(13)29-20/h3-9,16,25H,2H2,1H3. The minimum Gasteiger partial charge on any atom is -0.503 e. The van der Waals surface area contributed by atoms with Gasteiger partial charge in [-0.05, 0) is 42.8 Å². The molecule has 1 N–H and O–H groups in total. The maximum absolute atomic E-state index is 13.4. The lowest BCUT2D eigenvalue weighted by Crippen LogP contribution is -2.31. The van der Waals surface area contributed by atoms with Gasteiger partial charge in [0, 0.05) is 5.02 Å². The first-order valence-corrected chi connectivity index (χ1v) is 9.85. The molecule has 0 spiro atoms. The largest absolute Gasteiger partial charge is 0.503 e. The van der Waals surface area contributed by atoms with Crippen LogP contribution in [0.4, 0.5) is 9.52 Å². The number of anilines is 1. The number of carbonyl (C=O) groups excluding carboxylic acids is 2. The Morgan fingerprint density at radius 2 is 2.03 bits per heavy atom. The van der Waals surface area contributed by atoms with Gasteiger partial charge in [-0.2, -0.15) is 0 Å². The topological polar surface area (TPSA) is 79.7 Å². The number of ether oxygens (including phenoxy) is 1. The molecule has 1 atom stereocenters. The summed E-state index contributed by atoms with van der Waals surface area (Å²) in [5.41, 5.74) is 0.842. The van der Waals surface area contributed by atoms with Gasteiger partial charge in [0.1, 0.15) is 17.4 Å². The highest BCUT2D eigenvalue weighted by Gasteiger charge is 2.46. The van der Waals surface area contributed by atoms with E-state index in [2.05, 4.69) is 4.98 Å². The first kappa shape index (κ1) is 19.4. The predicted octanol–water partition coefficient (Wildman–Crippen LogP) is 4.55. The van der Waals surface area contributed by atoms with Gasteiger partial charge in [-0.3, -0.25) is 9.69 Å². The van der Waals surface area contributed by atoms with E-state index < -0.39 is 29.5 Å². The molecule has 0 bridgehead atoms. The quantitative estimate of drug-likeness (QED) is 0.612. The van der Waals surface area contributed by atoms with Crippen LogP contribution in [0, 0.1) is 5.82 Å². The van der Waals surface area contributed by atoms with Crippen LogP contribution in [0.15, 0.2) is 53.8 Å². The summed E-state index contributed by atoms with van der Waals surface area (Å²) in [5.74, 6) is -2.79.